The lowest BCUT2D eigenvalue weighted by Crippen LogP contribution is -2.30. The molecule has 0 saturated heterocycles. The lowest BCUT2D eigenvalue weighted by Gasteiger charge is -2.24. The number of fused-ring (bicyclic) bond motifs is 1. The molecular weight excluding hydrogens is 365 g/mol. The van der Waals surface area contributed by atoms with E-state index in [0.717, 1.165) is 11.1 Å². The number of aliphatic carboxylic acids is 1. The first kappa shape index (κ1) is 17.6. The highest BCUT2D eigenvalue weighted by atomic mass is 35.5. The van der Waals surface area contributed by atoms with E-state index in [1.165, 1.54) is 0 Å². The van der Waals surface area contributed by atoms with Crippen LogP contribution in [0.15, 0.2) is 41.6 Å². The van der Waals surface area contributed by atoms with Crippen molar-refractivity contribution in [3.63, 3.8) is 0 Å². The fourth-order valence-electron chi connectivity index (χ4n) is 3.24. The van der Waals surface area contributed by atoms with Gasteiger partial charge in [-0.15, -0.1) is 0 Å². The maximum atomic E-state index is 10.7. The molecule has 2 aromatic rings. The molecule has 1 unspecified atom stereocenters. The van der Waals surface area contributed by atoms with Crippen LogP contribution in [0.25, 0.3) is 0 Å². The van der Waals surface area contributed by atoms with Crippen molar-refractivity contribution in [3.05, 3.63) is 63.1 Å². The van der Waals surface area contributed by atoms with Crippen LogP contribution >= 0.6 is 23.2 Å². The van der Waals surface area contributed by atoms with E-state index < -0.39 is 18.0 Å². The topological polar surface area (TPSA) is 79.1 Å². The number of hydrogen-bond donors (Lipinski definition) is 2. The van der Waals surface area contributed by atoms with E-state index in [-0.39, 0.29) is 15.8 Å². The lowest BCUT2D eigenvalue weighted by molar-refractivity contribution is -0.139. The molecule has 0 amide bonds. The zero-order valence-corrected chi connectivity index (χ0v) is 14.8. The quantitative estimate of drug-likeness (QED) is 0.617. The van der Waals surface area contributed by atoms with E-state index in [0.29, 0.717) is 17.7 Å². The van der Waals surface area contributed by atoms with E-state index in [9.17, 15) is 10.0 Å². The van der Waals surface area contributed by atoms with Crippen molar-refractivity contribution in [3.8, 4) is 5.75 Å². The summed E-state index contributed by atoms with van der Waals surface area (Å²) in [5.41, 5.74) is 2.15. The predicted octanol–water partition coefficient (Wildman–Crippen LogP) is 4.15. The first-order chi connectivity index (χ1) is 11.9. The number of rotatable bonds is 4. The Morgan fingerprint density at radius 2 is 1.96 bits per heavy atom. The third-order valence-electron chi connectivity index (χ3n) is 4.42. The smallest absolute Gasteiger partial charge is 0.341 e. The monoisotopic (exact) mass is 379 g/mol. The third-order valence-corrected chi connectivity index (χ3v) is 5.27. The molecule has 0 spiro atoms. The number of halogens is 2. The van der Waals surface area contributed by atoms with Crippen LogP contribution in [-0.4, -0.2) is 28.6 Å². The highest BCUT2D eigenvalue weighted by molar-refractivity contribution is 6.45. The molecule has 7 heteroatoms. The molecule has 0 radical (unpaired) electrons. The molecule has 2 aromatic carbocycles. The van der Waals surface area contributed by atoms with E-state index in [1.807, 2.05) is 37.3 Å². The minimum absolute atomic E-state index is 0.0973. The SMILES string of the molecule is CC1(c2ccccc2)Cc2cc(OCC(=O)O)c(Cl)c(Cl)c2C1=NO. The molecule has 0 bridgehead atoms. The Morgan fingerprint density at radius 3 is 2.56 bits per heavy atom. The second-order valence-electron chi connectivity index (χ2n) is 6.04. The van der Waals surface area contributed by atoms with Gasteiger partial charge in [0.25, 0.3) is 0 Å². The normalized spacial score (nSPS) is 20.5. The van der Waals surface area contributed by atoms with Gasteiger partial charge in [0, 0.05) is 11.0 Å². The number of carboxylic acids is 1. The maximum Gasteiger partial charge on any atom is 0.341 e. The molecule has 0 aliphatic heterocycles. The number of carbonyl (C=O) groups is 1. The Hall–Kier alpha value is -2.24. The van der Waals surface area contributed by atoms with Gasteiger partial charge in [-0.05, 0) is 30.5 Å². The zero-order chi connectivity index (χ0) is 18.2. The van der Waals surface area contributed by atoms with Crippen LogP contribution in [0.1, 0.15) is 23.6 Å². The maximum absolute atomic E-state index is 10.7. The van der Waals surface area contributed by atoms with Crippen molar-refractivity contribution < 1.29 is 19.8 Å². The van der Waals surface area contributed by atoms with Crippen LogP contribution in [0, 0.1) is 0 Å². The van der Waals surface area contributed by atoms with Crippen LogP contribution in [0.2, 0.25) is 10.0 Å². The Kier molecular flexibility index (Phi) is 4.62. The highest BCUT2D eigenvalue weighted by Crippen LogP contribution is 2.47. The molecular formula is C18H15Cl2NO4. The van der Waals surface area contributed by atoms with Crippen LogP contribution in [0.3, 0.4) is 0 Å². The summed E-state index contributed by atoms with van der Waals surface area (Å²) < 4.78 is 5.23. The highest BCUT2D eigenvalue weighted by Gasteiger charge is 2.43. The summed E-state index contributed by atoms with van der Waals surface area (Å²) in [6.45, 7) is 1.44. The van der Waals surface area contributed by atoms with Gasteiger partial charge in [-0.25, -0.2) is 4.79 Å². The van der Waals surface area contributed by atoms with Crippen LogP contribution < -0.4 is 4.74 Å². The number of benzene rings is 2. The van der Waals surface area contributed by atoms with Gasteiger partial charge in [0.15, 0.2) is 6.61 Å². The van der Waals surface area contributed by atoms with Gasteiger partial charge >= 0.3 is 5.97 Å². The van der Waals surface area contributed by atoms with E-state index in [2.05, 4.69) is 5.16 Å². The molecule has 1 aliphatic carbocycles. The number of hydrogen-bond acceptors (Lipinski definition) is 4. The van der Waals surface area contributed by atoms with Gasteiger partial charge in [0.05, 0.1) is 10.7 Å². The molecule has 1 aliphatic rings. The second kappa shape index (κ2) is 6.58. The summed E-state index contributed by atoms with van der Waals surface area (Å²) in [6.07, 6.45) is 0.520. The zero-order valence-electron chi connectivity index (χ0n) is 13.3. The van der Waals surface area contributed by atoms with Crippen molar-refractivity contribution in [1.82, 2.24) is 0 Å². The van der Waals surface area contributed by atoms with E-state index in [1.54, 1.807) is 6.07 Å². The second-order valence-corrected chi connectivity index (χ2v) is 6.80. The Balaban J connectivity index is 2.11. The fraction of sp³-hybridized carbons (Fsp3) is 0.222. The Labute approximate surface area is 154 Å². The van der Waals surface area contributed by atoms with Gasteiger partial charge in [0.1, 0.15) is 10.8 Å². The molecule has 0 saturated carbocycles. The van der Waals surface area contributed by atoms with Gasteiger partial charge in [-0.3, -0.25) is 0 Å². The van der Waals surface area contributed by atoms with E-state index in [4.69, 9.17) is 33.0 Å². The molecule has 5 nitrogen and oxygen atoms in total. The minimum atomic E-state index is -1.11. The molecule has 3 rings (SSSR count). The predicted molar refractivity (Wildman–Crippen MR) is 95.4 cm³/mol. The van der Waals surface area contributed by atoms with Crippen molar-refractivity contribution in [2.75, 3.05) is 6.61 Å². The summed E-state index contributed by atoms with van der Waals surface area (Å²) in [7, 11) is 0. The molecule has 0 aromatic heterocycles. The number of nitrogens with zero attached hydrogens (tertiary/aromatic N) is 1. The summed E-state index contributed by atoms with van der Waals surface area (Å²) in [6, 6.07) is 11.3. The molecule has 130 valence electrons. The lowest BCUT2D eigenvalue weighted by atomic mass is 9.78. The Morgan fingerprint density at radius 1 is 1.28 bits per heavy atom. The molecule has 0 fully saturated rings. The van der Waals surface area contributed by atoms with Gasteiger partial charge < -0.3 is 15.1 Å². The average molecular weight is 380 g/mol. The largest absolute Gasteiger partial charge is 0.480 e. The fourth-order valence-corrected chi connectivity index (χ4v) is 3.75. The summed E-state index contributed by atoms with van der Waals surface area (Å²) in [4.78, 5) is 10.7. The number of carboxylic acid groups (broad SMARTS) is 1. The van der Waals surface area contributed by atoms with Crippen molar-refractivity contribution >= 4 is 34.9 Å². The number of ether oxygens (including phenoxy) is 1. The molecule has 1 atom stereocenters. The number of oxime groups is 1. The van der Waals surface area contributed by atoms with Crippen LogP contribution in [0.5, 0.6) is 5.75 Å². The Bertz CT molecular complexity index is 867. The molecule has 2 N–H and O–H groups in total. The van der Waals surface area contributed by atoms with Crippen molar-refractivity contribution in [2.24, 2.45) is 5.16 Å². The minimum Gasteiger partial charge on any atom is -0.480 e. The van der Waals surface area contributed by atoms with Crippen LogP contribution in [0.4, 0.5) is 0 Å². The summed E-state index contributed by atoms with van der Waals surface area (Å²) >= 11 is 12.6. The summed E-state index contributed by atoms with van der Waals surface area (Å²) in [5, 5.41) is 22.2. The van der Waals surface area contributed by atoms with E-state index >= 15 is 0 Å². The van der Waals surface area contributed by atoms with Crippen LogP contribution in [-0.2, 0) is 16.6 Å². The van der Waals surface area contributed by atoms with Gasteiger partial charge in [-0.2, -0.15) is 0 Å². The first-order valence-electron chi connectivity index (χ1n) is 7.52. The van der Waals surface area contributed by atoms with Gasteiger partial charge in [-0.1, -0.05) is 58.7 Å². The van der Waals surface area contributed by atoms with Crippen molar-refractivity contribution in [2.45, 2.75) is 18.8 Å². The molecule has 25 heavy (non-hydrogen) atoms. The average Bonchev–Trinajstić information content (AvgIpc) is 2.90. The van der Waals surface area contributed by atoms with Crippen molar-refractivity contribution in [1.29, 1.82) is 0 Å². The third kappa shape index (κ3) is 2.94. The standard InChI is InChI=1S/C18H15Cl2NO4/c1-18(11-5-3-2-4-6-11)8-10-7-12(25-9-13(22)23)15(19)16(20)14(10)17(18)21-24/h2-7,24H,8-9H2,1H3,(H,22,23). The van der Waals surface area contributed by atoms with Gasteiger partial charge in [0.2, 0.25) is 0 Å². The molecule has 0 heterocycles. The first-order valence-corrected chi connectivity index (χ1v) is 8.28. The summed E-state index contributed by atoms with van der Waals surface area (Å²) in [5.74, 6) is -0.915.